The Balaban J connectivity index is 0.00000200. The zero-order valence-electron chi connectivity index (χ0n) is 11.7. The van der Waals surface area contributed by atoms with Crippen molar-refractivity contribution in [3.8, 4) is 0 Å². The Hall–Kier alpha value is -0.560. The summed E-state index contributed by atoms with van der Waals surface area (Å²) in [6.45, 7) is 0.401. The summed E-state index contributed by atoms with van der Waals surface area (Å²) in [5, 5.41) is 3.82. The lowest BCUT2D eigenvalue weighted by atomic mass is 9.93. The largest absolute Gasteiger partial charge is 0.354 e. The van der Waals surface area contributed by atoms with Gasteiger partial charge in [-0.3, -0.25) is 4.99 Å². The molecule has 0 bridgehead atoms. The van der Waals surface area contributed by atoms with Crippen LogP contribution in [0.2, 0.25) is 5.02 Å². The maximum Gasteiger partial charge on any atom is 0.193 e. The van der Waals surface area contributed by atoms with Crippen LogP contribution >= 0.6 is 35.6 Å². The third-order valence-electron chi connectivity index (χ3n) is 3.47. The molecule has 0 radical (unpaired) electrons. The Bertz CT molecular complexity index is 457. The Kier molecular flexibility index (Phi) is 7.02. The molecule has 1 aliphatic carbocycles. The van der Waals surface area contributed by atoms with E-state index in [4.69, 9.17) is 11.6 Å². The van der Waals surface area contributed by atoms with Crippen LogP contribution in [0.3, 0.4) is 0 Å². The van der Waals surface area contributed by atoms with Gasteiger partial charge in [0, 0.05) is 37.3 Å². The van der Waals surface area contributed by atoms with Gasteiger partial charge in [0.15, 0.2) is 5.96 Å². The third kappa shape index (κ3) is 4.22. The van der Waals surface area contributed by atoms with Crippen molar-refractivity contribution < 1.29 is 4.39 Å². The number of hydrogen-bond acceptors (Lipinski definition) is 1. The average molecular weight is 412 g/mol. The molecule has 6 heteroatoms. The zero-order valence-corrected chi connectivity index (χ0v) is 14.8. The number of benzene rings is 1. The van der Waals surface area contributed by atoms with Gasteiger partial charge in [-0.05, 0) is 31.4 Å². The number of nitrogens with one attached hydrogen (secondary N) is 1. The second-order valence-corrected chi connectivity index (χ2v) is 5.28. The number of nitrogens with zero attached hydrogens (tertiary/aromatic N) is 2. The maximum absolute atomic E-state index is 13.7. The highest BCUT2D eigenvalue weighted by molar-refractivity contribution is 14.0. The predicted molar refractivity (Wildman–Crippen MR) is 92.4 cm³/mol. The van der Waals surface area contributed by atoms with E-state index in [-0.39, 0.29) is 29.8 Å². The van der Waals surface area contributed by atoms with Crippen molar-refractivity contribution in [3.63, 3.8) is 0 Å². The molecular formula is C14H20ClFIN3. The zero-order chi connectivity index (χ0) is 13.8. The minimum atomic E-state index is -0.279. The number of guanidine groups is 1. The molecule has 0 atom stereocenters. The molecule has 20 heavy (non-hydrogen) atoms. The van der Waals surface area contributed by atoms with Crippen LogP contribution < -0.4 is 5.32 Å². The molecule has 2 rings (SSSR count). The van der Waals surface area contributed by atoms with Gasteiger partial charge < -0.3 is 10.2 Å². The molecule has 0 spiro atoms. The second-order valence-electron chi connectivity index (χ2n) is 4.88. The molecule has 0 unspecified atom stereocenters. The Morgan fingerprint density at radius 1 is 1.50 bits per heavy atom. The highest BCUT2D eigenvalue weighted by Crippen LogP contribution is 2.21. The molecule has 1 fully saturated rings. The van der Waals surface area contributed by atoms with E-state index in [0.29, 0.717) is 23.2 Å². The van der Waals surface area contributed by atoms with E-state index in [9.17, 15) is 4.39 Å². The summed E-state index contributed by atoms with van der Waals surface area (Å²) < 4.78 is 13.7. The van der Waals surface area contributed by atoms with Crippen LogP contribution in [0, 0.1) is 5.82 Å². The molecule has 0 saturated heterocycles. The number of rotatable bonds is 3. The molecular weight excluding hydrogens is 392 g/mol. The Labute approximate surface area is 141 Å². The van der Waals surface area contributed by atoms with Crippen molar-refractivity contribution in [2.45, 2.75) is 31.8 Å². The van der Waals surface area contributed by atoms with E-state index in [1.54, 1.807) is 19.2 Å². The van der Waals surface area contributed by atoms with Gasteiger partial charge in [0.05, 0.1) is 0 Å². The number of aliphatic imine (C=N–C) groups is 1. The normalized spacial score (nSPS) is 15.3. The number of halogens is 3. The molecule has 1 aromatic carbocycles. The number of hydrogen-bond donors (Lipinski definition) is 1. The first kappa shape index (κ1) is 17.5. The fraction of sp³-hybridized carbons (Fsp3) is 0.500. The van der Waals surface area contributed by atoms with E-state index < -0.39 is 0 Å². The lowest BCUT2D eigenvalue weighted by molar-refractivity contribution is 0.358. The molecule has 1 aromatic rings. The van der Waals surface area contributed by atoms with Crippen molar-refractivity contribution in [2.75, 3.05) is 14.1 Å². The summed E-state index contributed by atoms with van der Waals surface area (Å²) in [7, 11) is 3.62. The van der Waals surface area contributed by atoms with E-state index in [1.807, 2.05) is 11.9 Å². The second kappa shape index (κ2) is 8.02. The van der Waals surface area contributed by atoms with Crippen molar-refractivity contribution in [1.29, 1.82) is 0 Å². The molecule has 1 N–H and O–H groups in total. The molecule has 0 heterocycles. The van der Waals surface area contributed by atoms with Gasteiger partial charge in [-0.1, -0.05) is 17.7 Å². The van der Waals surface area contributed by atoms with Gasteiger partial charge in [-0.25, -0.2) is 4.39 Å². The molecule has 0 amide bonds. The summed E-state index contributed by atoms with van der Waals surface area (Å²) in [6.07, 6.45) is 3.61. The first-order valence-corrected chi connectivity index (χ1v) is 6.87. The van der Waals surface area contributed by atoms with E-state index in [0.717, 1.165) is 5.96 Å². The molecule has 1 aliphatic rings. The molecule has 0 aliphatic heterocycles. The maximum atomic E-state index is 13.7. The lowest BCUT2D eigenvalue weighted by Crippen LogP contribution is -2.46. The SMILES string of the molecule is CN=C(NC1CCC1)N(C)Cc1c(F)cccc1Cl.I. The minimum Gasteiger partial charge on any atom is -0.354 e. The monoisotopic (exact) mass is 411 g/mol. The van der Waals surface area contributed by atoms with Gasteiger partial charge in [0.2, 0.25) is 0 Å². The molecule has 0 aromatic heterocycles. The van der Waals surface area contributed by atoms with Crippen LogP contribution in [0.1, 0.15) is 24.8 Å². The van der Waals surface area contributed by atoms with Crippen molar-refractivity contribution >= 4 is 41.5 Å². The summed E-state index contributed by atoms with van der Waals surface area (Å²) in [5.41, 5.74) is 0.503. The van der Waals surface area contributed by atoms with Gasteiger partial charge in [-0.15, -0.1) is 24.0 Å². The standard InChI is InChI=1S/C14H19ClFN3.HI/c1-17-14(18-10-5-3-6-10)19(2)9-11-12(15)7-4-8-13(11)16;/h4,7-8,10H,3,5-6,9H2,1-2H3,(H,17,18);1H. The predicted octanol–water partition coefficient (Wildman–Crippen LogP) is 3.66. The van der Waals surface area contributed by atoms with E-state index >= 15 is 0 Å². The topological polar surface area (TPSA) is 27.6 Å². The molecule has 3 nitrogen and oxygen atoms in total. The Morgan fingerprint density at radius 3 is 2.70 bits per heavy atom. The highest BCUT2D eigenvalue weighted by Gasteiger charge is 2.20. The highest BCUT2D eigenvalue weighted by atomic mass is 127. The van der Waals surface area contributed by atoms with Gasteiger partial charge in [-0.2, -0.15) is 0 Å². The van der Waals surface area contributed by atoms with E-state index in [1.165, 1.54) is 25.3 Å². The summed E-state index contributed by atoms with van der Waals surface area (Å²) in [4.78, 5) is 6.12. The third-order valence-corrected chi connectivity index (χ3v) is 3.82. The fourth-order valence-corrected chi connectivity index (χ4v) is 2.30. The fourth-order valence-electron chi connectivity index (χ4n) is 2.08. The van der Waals surface area contributed by atoms with Crippen LogP contribution in [0.5, 0.6) is 0 Å². The summed E-state index contributed by atoms with van der Waals surface area (Å²) >= 11 is 6.04. The summed E-state index contributed by atoms with van der Waals surface area (Å²) in [5.74, 6) is 0.502. The van der Waals surface area contributed by atoms with Crippen molar-refractivity contribution in [3.05, 3.63) is 34.6 Å². The van der Waals surface area contributed by atoms with Crippen molar-refractivity contribution in [2.24, 2.45) is 4.99 Å². The summed E-state index contributed by atoms with van der Waals surface area (Å²) in [6, 6.07) is 5.24. The Morgan fingerprint density at radius 2 is 2.20 bits per heavy atom. The lowest BCUT2D eigenvalue weighted by Gasteiger charge is -2.31. The van der Waals surface area contributed by atoms with Gasteiger partial charge >= 0.3 is 0 Å². The van der Waals surface area contributed by atoms with Crippen LogP contribution in [-0.4, -0.2) is 31.0 Å². The smallest absolute Gasteiger partial charge is 0.193 e. The van der Waals surface area contributed by atoms with Gasteiger partial charge in [0.1, 0.15) is 5.82 Å². The molecule has 112 valence electrons. The minimum absolute atomic E-state index is 0. The van der Waals surface area contributed by atoms with Crippen LogP contribution in [0.4, 0.5) is 4.39 Å². The first-order chi connectivity index (χ1) is 9.11. The van der Waals surface area contributed by atoms with Gasteiger partial charge in [0.25, 0.3) is 0 Å². The van der Waals surface area contributed by atoms with Crippen molar-refractivity contribution in [1.82, 2.24) is 10.2 Å². The average Bonchev–Trinajstić information content (AvgIpc) is 2.32. The van der Waals surface area contributed by atoms with E-state index in [2.05, 4.69) is 10.3 Å². The van der Waals surface area contributed by atoms with Crippen LogP contribution in [-0.2, 0) is 6.54 Å². The van der Waals surface area contributed by atoms with Crippen LogP contribution in [0.15, 0.2) is 23.2 Å². The first-order valence-electron chi connectivity index (χ1n) is 6.49. The molecule has 1 saturated carbocycles. The quantitative estimate of drug-likeness (QED) is 0.467. The van der Waals surface area contributed by atoms with Crippen LogP contribution in [0.25, 0.3) is 0 Å².